The number of likely N-dealkylation sites (tertiary alicyclic amines) is 1. The maximum atomic E-state index is 4.27. The van der Waals surface area contributed by atoms with Crippen molar-refractivity contribution in [2.75, 3.05) is 6.54 Å². The fraction of sp³-hybridized carbons (Fsp3) is 0.312. The monoisotopic (exact) mass is 364 g/mol. The van der Waals surface area contributed by atoms with E-state index < -0.39 is 0 Å². The molecule has 0 bridgehead atoms. The van der Waals surface area contributed by atoms with Crippen LogP contribution in [0, 0.1) is 0 Å². The van der Waals surface area contributed by atoms with Crippen LogP contribution >= 0.6 is 22.6 Å². The van der Waals surface area contributed by atoms with Crippen LogP contribution in [0.15, 0.2) is 54.9 Å². The molecule has 3 heteroatoms. The van der Waals surface area contributed by atoms with Gasteiger partial charge in [-0.25, -0.2) is 0 Å². The number of aromatic nitrogens is 1. The Balaban J connectivity index is 1.79. The summed E-state index contributed by atoms with van der Waals surface area (Å²) < 4.78 is 0.728. The van der Waals surface area contributed by atoms with Crippen molar-refractivity contribution in [3.63, 3.8) is 0 Å². The van der Waals surface area contributed by atoms with Crippen LogP contribution in [0.3, 0.4) is 0 Å². The molecular formula is C16H17IN2. The van der Waals surface area contributed by atoms with Crippen molar-refractivity contribution in [3.05, 3.63) is 66.0 Å². The Hall–Kier alpha value is -0.940. The van der Waals surface area contributed by atoms with Crippen molar-refractivity contribution in [1.82, 2.24) is 9.88 Å². The van der Waals surface area contributed by atoms with E-state index in [1.54, 1.807) is 0 Å². The predicted molar refractivity (Wildman–Crippen MR) is 86.3 cm³/mol. The van der Waals surface area contributed by atoms with Crippen molar-refractivity contribution in [2.24, 2.45) is 0 Å². The molecule has 2 nitrogen and oxygen atoms in total. The van der Waals surface area contributed by atoms with Gasteiger partial charge < -0.3 is 0 Å². The molecule has 1 aliphatic rings. The Bertz CT molecular complexity index is 515. The third kappa shape index (κ3) is 3.15. The lowest BCUT2D eigenvalue weighted by Gasteiger charge is -2.24. The summed E-state index contributed by atoms with van der Waals surface area (Å²) in [5.41, 5.74) is 2.74. The van der Waals surface area contributed by atoms with Gasteiger partial charge in [0.05, 0.1) is 0 Å². The molecule has 1 aromatic carbocycles. The van der Waals surface area contributed by atoms with Gasteiger partial charge in [-0.3, -0.25) is 9.88 Å². The van der Waals surface area contributed by atoms with Crippen molar-refractivity contribution < 1.29 is 0 Å². The van der Waals surface area contributed by atoms with Crippen molar-refractivity contribution in [3.8, 4) is 0 Å². The molecule has 0 amide bonds. The van der Waals surface area contributed by atoms with Gasteiger partial charge in [-0.1, -0.05) is 59.0 Å². The van der Waals surface area contributed by atoms with Crippen LogP contribution in [0.2, 0.25) is 0 Å². The minimum atomic E-state index is 0.510. The van der Waals surface area contributed by atoms with Crippen LogP contribution in [-0.2, 0) is 6.54 Å². The van der Waals surface area contributed by atoms with Crippen LogP contribution in [0.5, 0.6) is 0 Å². The van der Waals surface area contributed by atoms with Crippen molar-refractivity contribution >= 4 is 22.6 Å². The van der Waals surface area contributed by atoms with Gasteiger partial charge in [-0.05, 0) is 23.6 Å². The highest BCUT2D eigenvalue weighted by molar-refractivity contribution is 14.1. The number of hydrogen-bond acceptors (Lipinski definition) is 2. The zero-order valence-electron chi connectivity index (χ0n) is 10.7. The van der Waals surface area contributed by atoms with E-state index in [0.717, 1.165) is 17.0 Å². The molecule has 0 radical (unpaired) electrons. The number of hydrogen-bond donors (Lipinski definition) is 0. The molecule has 0 N–H and O–H groups in total. The van der Waals surface area contributed by atoms with Crippen LogP contribution < -0.4 is 0 Å². The molecule has 1 fully saturated rings. The van der Waals surface area contributed by atoms with Gasteiger partial charge in [-0.15, -0.1) is 0 Å². The first-order valence-corrected chi connectivity index (χ1v) is 7.89. The lowest BCUT2D eigenvalue weighted by Crippen LogP contribution is -2.23. The standard InChI is InChI=1S/C16H17IN2/c17-15-9-16(14-7-4-8-18-10-14)19(12-15)11-13-5-2-1-3-6-13/h1-8,10,15-16H,9,11-12H2/t15-,16-/m1/s1. The van der Waals surface area contributed by atoms with E-state index in [1.807, 2.05) is 18.5 Å². The number of rotatable bonds is 3. The zero-order valence-corrected chi connectivity index (χ0v) is 12.9. The van der Waals surface area contributed by atoms with Crippen LogP contribution in [0.25, 0.3) is 0 Å². The Kier molecular flexibility index (Phi) is 4.13. The summed E-state index contributed by atoms with van der Waals surface area (Å²) in [6.45, 7) is 2.19. The fourth-order valence-electron chi connectivity index (χ4n) is 2.76. The SMILES string of the molecule is I[C@@H]1C[C@H](c2cccnc2)N(Cc2ccccc2)C1. The summed E-state index contributed by atoms with van der Waals surface area (Å²) in [7, 11) is 0. The van der Waals surface area contributed by atoms with E-state index in [2.05, 4.69) is 68.9 Å². The average molecular weight is 364 g/mol. The second-order valence-electron chi connectivity index (χ2n) is 5.05. The maximum absolute atomic E-state index is 4.27. The molecule has 1 aliphatic heterocycles. The summed E-state index contributed by atoms with van der Waals surface area (Å²) >= 11 is 2.57. The van der Waals surface area contributed by atoms with E-state index in [-0.39, 0.29) is 0 Å². The number of benzene rings is 1. The van der Waals surface area contributed by atoms with E-state index in [9.17, 15) is 0 Å². The van der Waals surface area contributed by atoms with E-state index in [1.165, 1.54) is 17.5 Å². The van der Waals surface area contributed by atoms with Gasteiger partial charge >= 0.3 is 0 Å². The normalized spacial score (nSPS) is 23.6. The molecule has 3 rings (SSSR count). The fourth-order valence-corrected chi connectivity index (χ4v) is 3.75. The molecule has 1 saturated heterocycles. The van der Waals surface area contributed by atoms with E-state index in [4.69, 9.17) is 0 Å². The zero-order chi connectivity index (χ0) is 13.1. The van der Waals surface area contributed by atoms with Crippen molar-refractivity contribution in [1.29, 1.82) is 0 Å². The van der Waals surface area contributed by atoms with Crippen LogP contribution in [0.1, 0.15) is 23.6 Å². The van der Waals surface area contributed by atoms with E-state index in [0.29, 0.717) is 6.04 Å². The van der Waals surface area contributed by atoms with Gasteiger partial charge in [0.1, 0.15) is 0 Å². The Labute approximate surface area is 128 Å². The molecule has 2 atom stereocenters. The van der Waals surface area contributed by atoms with Gasteiger partial charge in [0.25, 0.3) is 0 Å². The number of nitrogens with zero attached hydrogens (tertiary/aromatic N) is 2. The highest BCUT2D eigenvalue weighted by atomic mass is 127. The topological polar surface area (TPSA) is 16.1 Å². The third-order valence-corrected chi connectivity index (χ3v) is 4.55. The Morgan fingerprint density at radius 1 is 1.16 bits per heavy atom. The Morgan fingerprint density at radius 3 is 2.74 bits per heavy atom. The maximum Gasteiger partial charge on any atom is 0.0377 e. The summed E-state index contributed by atoms with van der Waals surface area (Å²) in [6.07, 6.45) is 5.08. The van der Waals surface area contributed by atoms with E-state index >= 15 is 0 Å². The molecule has 0 aliphatic carbocycles. The third-order valence-electron chi connectivity index (χ3n) is 3.65. The number of pyridine rings is 1. The molecule has 0 spiro atoms. The quantitative estimate of drug-likeness (QED) is 0.608. The first-order chi connectivity index (χ1) is 9.33. The first-order valence-electron chi connectivity index (χ1n) is 6.65. The molecule has 0 unspecified atom stereocenters. The molecule has 2 heterocycles. The minimum absolute atomic E-state index is 0.510. The molecule has 19 heavy (non-hydrogen) atoms. The van der Waals surface area contributed by atoms with Gasteiger partial charge in [-0.2, -0.15) is 0 Å². The average Bonchev–Trinajstić information content (AvgIpc) is 2.82. The summed E-state index contributed by atoms with van der Waals surface area (Å²) in [5.74, 6) is 0. The minimum Gasteiger partial charge on any atom is -0.291 e. The highest BCUT2D eigenvalue weighted by Gasteiger charge is 2.31. The first kappa shape index (κ1) is 13.1. The van der Waals surface area contributed by atoms with Gasteiger partial charge in [0, 0.05) is 35.4 Å². The lowest BCUT2D eigenvalue weighted by molar-refractivity contribution is 0.248. The second-order valence-corrected chi connectivity index (χ2v) is 6.81. The smallest absolute Gasteiger partial charge is 0.0377 e. The molecular weight excluding hydrogens is 347 g/mol. The van der Waals surface area contributed by atoms with Gasteiger partial charge in [0.2, 0.25) is 0 Å². The molecule has 98 valence electrons. The highest BCUT2D eigenvalue weighted by Crippen LogP contribution is 2.36. The molecule has 2 aromatic rings. The largest absolute Gasteiger partial charge is 0.291 e. The van der Waals surface area contributed by atoms with Crippen molar-refractivity contribution in [2.45, 2.75) is 22.9 Å². The van der Waals surface area contributed by atoms with Crippen LogP contribution in [0.4, 0.5) is 0 Å². The summed E-state index contributed by atoms with van der Waals surface area (Å²) in [5, 5.41) is 0. The summed E-state index contributed by atoms with van der Waals surface area (Å²) in [6, 6.07) is 15.5. The van der Waals surface area contributed by atoms with Crippen LogP contribution in [-0.4, -0.2) is 20.4 Å². The predicted octanol–water partition coefficient (Wildman–Crippen LogP) is 3.83. The molecule has 1 aromatic heterocycles. The molecule has 0 saturated carbocycles. The Morgan fingerprint density at radius 2 is 2.00 bits per heavy atom. The number of halogens is 1. The number of alkyl halides is 1. The lowest BCUT2D eigenvalue weighted by atomic mass is 10.1. The summed E-state index contributed by atoms with van der Waals surface area (Å²) in [4.78, 5) is 6.84. The second kappa shape index (κ2) is 6.01. The van der Waals surface area contributed by atoms with Gasteiger partial charge in [0.15, 0.2) is 0 Å².